The van der Waals surface area contributed by atoms with E-state index in [1.165, 1.54) is 0 Å². The molecule has 0 fully saturated rings. The van der Waals surface area contributed by atoms with Crippen molar-refractivity contribution in [1.82, 2.24) is 4.72 Å². The molecule has 11 heteroatoms. The summed E-state index contributed by atoms with van der Waals surface area (Å²) in [6.45, 7) is -0.673. The Hall–Kier alpha value is -2.14. The van der Waals surface area contributed by atoms with Crippen molar-refractivity contribution in [2.24, 2.45) is 0 Å². The number of rotatable bonds is 4. The van der Waals surface area contributed by atoms with Crippen LogP contribution in [0.4, 0.5) is 30.7 Å². The van der Waals surface area contributed by atoms with Gasteiger partial charge >= 0.3 is 12.4 Å². The summed E-state index contributed by atoms with van der Waals surface area (Å²) in [5.74, 6) is -1.27. The van der Waals surface area contributed by atoms with Crippen molar-refractivity contribution in [1.29, 1.82) is 0 Å². The van der Waals surface area contributed by atoms with E-state index in [-0.39, 0.29) is 11.6 Å². The lowest BCUT2D eigenvalue weighted by atomic mass is 10.1. The van der Waals surface area contributed by atoms with Crippen LogP contribution in [0.25, 0.3) is 0 Å². The Morgan fingerprint density at radius 1 is 0.808 bits per heavy atom. The third kappa shape index (κ3) is 4.73. The van der Waals surface area contributed by atoms with E-state index in [0.717, 1.165) is 6.07 Å². The Labute approximate surface area is 143 Å². The van der Waals surface area contributed by atoms with Crippen LogP contribution < -0.4 is 4.72 Å². The number of nitrogens with one attached hydrogen (secondary N) is 1. The lowest BCUT2D eigenvalue weighted by Gasteiger charge is -2.11. The SMILES string of the molecule is O=S(=O)(NCc1ccc(C(F)(F)F)cc1F)c1ccc(C(F)(F)F)cc1. The highest BCUT2D eigenvalue weighted by Crippen LogP contribution is 2.31. The van der Waals surface area contributed by atoms with E-state index in [2.05, 4.69) is 0 Å². The van der Waals surface area contributed by atoms with E-state index in [1.54, 1.807) is 0 Å². The summed E-state index contributed by atoms with van der Waals surface area (Å²) in [6.07, 6.45) is -9.39. The van der Waals surface area contributed by atoms with Gasteiger partial charge in [-0.2, -0.15) is 26.3 Å². The zero-order valence-corrected chi connectivity index (χ0v) is 13.4. The number of sulfonamides is 1. The Balaban J connectivity index is 2.16. The molecular weight excluding hydrogens is 391 g/mol. The van der Waals surface area contributed by atoms with Gasteiger partial charge in [0.2, 0.25) is 10.0 Å². The molecule has 2 aromatic carbocycles. The third-order valence-corrected chi connectivity index (χ3v) is 4.74. The van der Waals surface area contributed by atoms with Crippen LogP contribution >= 0.6 is 0 Å². The summed E-state index contributed by atoms with van der Waals surface area (Å²) in [7, 11) is -4.28. The number of halogens is 7. The average Bonchev–Trinajstić information content (AvgIpc) is 2.52. The maximum atomic E-state index is 13.7. The Bertz CT molecular complexity index is 888. The first kappa shape index (κ1) is 20.2. The zero-order valence-electron chi connectivity index (χ0n) is 12.6. The van der Waals surface area contributed by atoms with E-state index in [0.29, 0.717) is 30.3 Å². The van der Waals surface area contributed by atoms with Crippen LogP contribution in [0.1, 0.15) is 16.7 Å². The molecule has 0 aliphatic heterocycles. The van der Waals surface area contributed by atoms with Crippen molar-refractivity contribution < 1.29 is 39.2 Å². The van der Waals surface area contributed by atoms with Crippen LogP contribution in [-0.2, 0) is 28.9 Å². The van der Waals surface area contributed by atoms with Gasteiger partial charge in [0.15, 0.2) is 0 Å². The normalized spacial score (nSPS) is 13.0. The van der Waals surface area contributed by atoms with E-state index >= 15 is 0 Å². The van der Waals surface area contributed by atoms with E-state index in [4.69, 9.17) is 0 Å². The highest BCUT2D eigenvalue weighted by atomic mass is 32.2. The molecular formula is C15H10F7NO2S. The summed E-state index contributed by atoms with van der Waals surface area (Å²) in [5, 5.41) is 0. The van der Waals surface area contributed by atoms with Gasteiger partial charge in [-0.25, -0.2) is 17.5 Å². The van der Waals surface area contributed by atoms with Gasteiger partial charge in [-0.05, 0) is 36.4 Å². The lowest BCUT2D eigenvalue weighted by molar-refractivity contribution is -0.138. The van der Waals surface area contributed by atoms with Crippen LogP contribution in [0, 0.1) is 5.82 Å². The predicted octanol–water partition coefficient (Wildman–Crippen LogP) is 4.34. The van der Waals surface area contributed by atoms with E-state index < -0.39 is 50.8 Å². The van der Waals surface area contributed by atoms with Crippen LogP contribution in [0.15, 0.2) is 47.4 Å². The smallest absolute Gasteiger partial charge is 0.207 e. The van der Waals surface area contributed by atoms with Crippen LogP contribution in [0.2, 0.25) is 0 Å². The number of hydrogen-bond acceptors (Lipinski definition) is 2. The van der Waals surface area contributed by atoms with Gasteiger partial charge < -0.3 is 0 Å². The Kier molecular flexibility index (Phi) is 5.34. The van der Waals surface area contributed by atoms with Gasteiger partial charge in [0.25, 0.3) is 0 Å². The molecule has 2 rings (SSSR count). The first-order valence-electron chi connectivity index (χ1n) is 6.83. The molecule has 0 unspecified atom stereocenters. The highest BCUT2D eigenvalue weighted by molar-refractivity contribution is 7.89. The molecule has 26 heavy (non-hydrogen) atoms. The fraction of sp³-hybridized carbons (Fsp3) is 0.200. The van der Waals surface area contributed by atoms with Gasteiger partial charge in [-0.1, -0.05) is 6.07 Å². The number of hydrogen-bond donors (Lipinski definition) is 1. The van der Waals surface area contributed by atoms with Crippen LogP contribution in [0.3, 0.4) is 0 Å². The monoisotopic (exact) mass is 401 g/mol. The fourth-order valence-electron chi connectivity index (χ4n) is 1.95. The predicted molar refractivity (Wildman–Crippen MR) is 76.9 cm³/mol. The van der Waals surface area contributed by atoms with Gasteiger partial charge in [-0.15, -0.1) is 0 Å². The molecule has 0 saturated carbocycles. The Morgan fingerprint density at radius 3 is 1.77 bits per heavy atom. The molecule has 0 heterocycles. The molecule has 1 N–H and O–H groups in total. The maximum Gasteiger partial charge on any atom is 0.416 e. The minimum Gasteiger partial charge on any atom is -0.207 e. The molecule has 0 atom stereocenters. The topological polar surface area (TPSA) is 46.2 Å². The fourth-order valence-corrected chi connectivity index (χ4v) is 2.95. The summed E-state index contributed by atoms with van der Waals surface area (Å²) in [5.41, 5.74) is -2.64. The van der Waals surface area contributed by atoms with Crippen molar-refractivity contribution in [3.63, 3.8) is 0 Å². The number of alkyl halides is 6. The molecule has 142 valence electrons. The summed E-state index contributed by atoms with van der Waals surface area (Å²) >= 11 is 0. The first-order valence-corrected chi connectivity index (χ1v) is 8.31. The number of benzene rings is 2. The zero-order chi connectivity index (χ0) is 19.8. The largest absolute Gasteiger partial charge is 0.416 e. The van der Waals surface area contributed by atoms with Crippen molar-refractivity contribution in [3.8, 4) is 0 Å². The van der Waals surface area contributed by atoms with Gasteiger partial charge in [0.05, 0.1) is 16.0 Å². The molecule has 3 nitrogen and oxygen atoms in total. The highest BCUT2D eigenvalue weighted by Gasteiger charge is 2.32. The van der Waals surface area contributed by atoms with Gasteiger partial charge in [0, 0.05) is 12.1 Å². The van der Waals surface area contributed by atoms with Crippen molar-refractivity contribution in [2.45, 2.75) is 23.8 Å². The molecule has 0 aliphatic rings. The van der Waals surface area contributed by atoms with Gasteiger partial charge in [-0.3, -0.25) is 0 Å². The molecule has 0 radical (unpaired) electrons. The average molecular weight is 401 g/mol. The molecule has 0 aromatic heterocycles. The minimum absolute atomic E-state index is 0.224. The molecule has 0 aliphatic carbocycles. The molecule has 0 amide bonds. The van der Waals surface area contributed by atoms with E-state index in [1.807, 2.05) is 4.72 Å². The quantitative estimate of drug-likeness (QED) is 0.775. The van der Waals surface area contributed by atoms with Crippen molar-refractivity contribution in [2.75, 3.05) is 0 Å². The second kappa shape index (κ2) is 6.88. The lowest BCUT2D eigenvalue weighted by Crippen LogP contribution is -2.24. The maximum absolute atomic E-state index is 13.7. The van der Waals surface area contributed by atoms with Crippen molar-refractivity contribution >= 4 is 10.0 Å². The summed E-state index contributed by atoms with van der Waals surface area (Å²) in [6, 6.07) is 4.14. The Morgan fingerprint density at radius 2 is 1.31 bits per heavy atom. The summed E-state index contributed by atoms with van der Waals surface area (Å²) < 4.78 is 114. The molecule has 0 saturated heterocycles. The van der Waals surface area contributed by atoms with E-state index in [9.17, 15) is 39.2 Å². The minimum atomic E-state index is -4.75. The third-order valence-electron chi connectivity index (χ3n) is 3.32. The van der Waals surface area contributed by atoms with Crippen LogP contribution in [0.5, 0.6) is 0 Å². The second-order valence-electron chi connectivity index (χ2n) is 5.15. The van der Waals surface area contributed by atoms with Crippen LogP contribution in [-0.4, -0.2) is 8.42 Å². The summed E-state index contributed by atoms with van der Waals surface area (Å²) in [4.78, 5) is -0.502. The molecule has 2 aromatic rings. The first-order chi connectivity index (χ1) is 11.8. The van der Waals surface area contributed by atoms with Gasteiger partial charge in [0.1, 0.15) is 5.82 Å². The second-order valence-corrected chi connectivity index (χ2v) is 6.92. The standard InChI is InChI=1S/C15H10F7NO2S/c16-13-7-11(15(20,21)22)2-1-9(13)8-23-26(24,25)12-5-3-10(4-6-12)14(17,18)19/h1-7,23H,8H2. The molecule has 0 bridgehead atoms. The van der Waals surface area contributed by atoms with Crippen molar-refractivity contribution in [3.05, 3.63) is 65.0 Å². The molecule has 0 spiro atoms.